The van der Waals surface area contributed by atoms with Crippen LogP contribution in [0.4, 0.5) is 0 Å². The van der Waals surface area contributed by atoms with Crippen LogP contribution in [0.3, 0.4) is 0 Å². The van der Waals surface area contributed by atoms with Crippen molar-refractivity contribution in [2.75, 3.05) is 26.2 Å². The Hall–Kier alpha value is -0.130. The molecular weight excluding hydrogens is 248 g/mol. The average Bonchev–Trinajstić information content (AvgIpc) is 2.37. The van der Waals surface area contributed by atoms with Crippen LogP contribution in [0.1, 0.15) is 53.9 Å². The van der Waals surface area contributed by atoms with Gasteiger partial charge in [0.1, 0.15) is 0 Å². The molecular formula is C13H30N2O2S. The first-order valence-electron chi connectivity index (χ1n) is 7.08. The van der Waals surface area contributed by atoms with Crippen molar-refractivity contribution >= 4 is 10.0 Å². The topological polar surface area (TPSA) is 49.4 Å². The van der Waals surface area contributed by atoms with E-state index in [0.717, 1.165) is 26.1 Å². The number of rotatable bonds is 10. The highest BCUT2D eigenvalue weighted by atomic mass is 32.2. The lowest BCUT2D eigenvalue weighted by molar-refractivity contribution is 0.300. The molecule has 0 aromatic rings. The third-order valence-electron chi connectivity index (χ3n) is 3.98. The lowest BCUT2D eigenvalue weighted by atomic mass is 10.1. The Bertz CT molecular complexity index is 307. The molecule has 0 amide bonds. The largest absolute Gasteiger partial charge is 0.304 e. The van der Waals surface area contributed by atoms with Crippen molar-refractivity contribution < 1.29 is 8.42 Å². The average molecular weight is 278 g/mol. The first kappa shape index (κ1) is 17.9. The Balaban J connectivity index is 4.21. The van der Waals surface area contributed by atoms with Crippen molar-refractivity contribution in [1.82, 2.24) is 9.62 Å². The summed E-state index contributed by atoms with van der Waals surface area (Å²) < 4.78 is 26.5. The van der Waals surface area contributed by atoms with Crippen molar-refractivity contribution in [3.05, 3.63) is 0 Å². The van der Waals surface area contributed by atoms with Gasteiger partial charge in [-0.05, 0) is 45.8 Å². The smallest absolute Gasteiger partial charge is 0.217 e. The van der Waals surface area contributed by atoms with Crippen LogP contribution in [0.2, 0.25) is 0 Å². The van der Waals surface area contributed by atoms with Gasteiger partial charge < -0.3 is 4.90 Å². The van der Waals surface area contributed by atoms with E-state index in [2.05, 4.69) is 23.5 Å². The molecule has 0 atom stereocenters. The van der Waals surface area contributed by atoms with Gasteiger partial charge in [-0.2, -0.15) is 0 Å². The highest BCUT2D eigenvalue weighted by molar-refractivity contribution is 7.90. The van der Waals surface area contributed by atoms with E-state index < -0.39 is 14.8 Å². The van der Waals surface area contributed by atoms with E-state index in [1.165, 1.54) is 0 Å². The van der Waals surface area contributed by atoms with E-state index >= 15 is 0 Å². The third-order valence-corrected chi connectivity index (χ3v) is 6.44. The molecule has 0 radical (unpaired) electrons. The standard InChI is InChI=1S/C13H30N2O2S/c1-6-13(5,7-2)18(16,17)14-11-10-12-15(8-3)9-4/h14H,6-12H2,1-5H3. The second kappa shape index (κ2) is 8.12. The Morgan fingerprint density at radius 3 is 1.94 bits per heavy atom. The zero-order valence-electron chi connectivity index (χ0n) is 12.6. The molecule has 18 heavy (non-hydrogen) atoms. The zero-order valence-corrected chi connectivity index (χ0v) is 13.4. The van der Waals surface area contributed by atoms with Crippen LogP contribution < -0.4 is 4.72 Å². The number of nitrogens with one attached hydrogen (secondary N) is 1. The minimum atomic E-state index is -3.20. The molecule has 4 nitrogen and oxygen atoms in total. The molecule has 0 heterocycles. The van der Waals surface area contributed by atoms with E-state index in [9.17, 15) is 8.42 Å². The van der Waals surface area contributed by atoms with Gasteiger partial charge in [0.05, 0.1) is 4.75 Å². The Kier molecular flexibility index (Phi) is 8.06. The van der Waals surface area contributed by atoms with Gasteiger partial charge in [-0.1, -0.05) is 27.7 Å². The van der Waals surface area contributed by atoms with E-state index in [1.807, 2.05) is 20.8 Å². The van der Waals surface area contributed by atoms with E-state index in [4.69, 9.17) is 0 Å². The van der Waals surface area contributed by atoms with Crippen molar-refractivity contribution in [3.63, 3.8) is 0 Å². The summed E-state index contributed by atoms with van der Waals surface area (Å²) in [4.78, 5) is 2.30. The summed E-state index contributed by atoms with van der Waals surface area (Å²) in [6.07, 6.45) is 2.16. The molecule has 0 bridgehead atoms. The summed E-state index contributed by atoms with van der Waals surface area (Å²) in [7, 11) is -3.20. The maximum atomic E-state index is 12.2. The minimum absolute atomic E-state index is 0.536. The molecule has 0 aromatic heterocycles. The van der Waals surface area contributed by atoms with Gasteiger partial charge in [-0.3, -0.25) is 0 Å². The number of hydrogen-bond donors (Lipinski definition) is 1. The summed E-state index contributed by atoms with van der Waals surface area (Å²) in [5.74, 6) is 0. The molecule has 0 unspecified atom stereocenters. The van der Waals surface area contributed by atoms with Crippen molar-refractivity contribution in [2.45, 2.75) is 58.6 Å². The first-order valence-corrected chi connectivity index (χ1v) is 8.56. The fraction of sp³-hybridized carbons (Fsp3) is 1.00. The van der Waals surface area contributed by atoms with Crippen molar-refractivity contribution in [3.8, 4) is 0 Å². The molecule has 0 aromatic carbocycles. The van der Waals surface area contributed by atoms with Gasteiger partial charge in [0, 0.05) is 6.54 Å². The van der Waals surface area contributed by atoms with Crippen LogP contribution in [-0.4, -0.2) is 44.2 Å². The SMILES string of the molecule is CCN(CC)CCCNS(=O)(=O)C(C)(CC)CC. The lowest BCUT2D eigenvalue weighted by Crippen LogP contribution is -2.44. The monoisotopic (exact) mass is 278 g/mol. The van der Waals surface area contributed by atoms with Gasteiger partial charge in [0.2, 0.25) is 10.0 Å². The number of hydrogen-bond acceptors (Lipinski definition) is 3. The van der Waals surface area contributed by atoms with Crippen LogP contribution in [0.25, 0.3) is 0 Å². The summed E-state index contributed by atoms with van der Waals surface area (Å²) >= 11 is 0. The Morgan fingerprint density at radius 2 is 1.56 bits per heavy atom. The fourth-order valence-electron chi connectivity index (χ4n) is 1.85. The van der Waals surface area contributed by atoms with Gasteiger partial charge >= 0.3 is 0 Å². The maximum Gasteiger partial charge on any atom is 0.217 e. The molecule has 0 aliphatic carbocycles. The van der Waals surface area contributed by atoms with Crippen LogP contribution in [0.5, 0.6) is 0 Å². The van der Waals surface area contributed by atoms with Crippen LogP contribution >= 0.6 is 0 Å². The predicted octanol–water partition coefficient (Wildman–Crippen LogP) is 2.22. The summed E-state index contributed by atoms with van der Waals surface area (Å²) in [6.45, 7) is 13.4. The lowest BCUT2D eigenvalue weighted by Gasteiger charge is -2.27. The van der Waals surface area contributed by atoms with Gasteiger partial charge in [-0.25, -0.2) is 13.1 Å². The summed E-state index contributed by atoms with van der Waals surface area (Å²) in [5.41, 5.74) is 0. The maximum absolute atomic E-state index is 12.2. The molecule has 0 rings (SSSR count). The Labute approximate surface area is 113 Å². The molecule has 110 valence electrons. The number of nitrogens with zero attached hydrogens (tertiary/aromatic N) is 1. The second-order valence-corrected chi connectivity index (χ2v) is 7.22. The first-order chi connectivity index (χ1) is 8.36. The third kappa shape index (κ3) is 4.86. The highest BCUT2D eigenvalue weighted by Crippen LogP contribution is 2.23. The van der Waals surface area contributed by atoms with E-state index in [1.54, 1.807) is 0 Å². The van der Waals surface area contributed by atoms with Crippen LogP contribution in [0, 0.1) is 0 Å². The summed E-state index contributed by atoms with van der Waals surface area (Å²) in [6, 6.07) is 0. The van der Waals surface area contributed by atoms with Crippen molar-refractivity contribution in [2.24, 2.45) is 0 Å². The molecule has 1 N–H and O–H groups in total. The molecule has 0 saturated heterocycles. The fourth-order valence-corrected chi connectivity index (χ4v) is 3.37. The van der Waals surface area contributed by atoms with E-state index in [-0.39, 0.29) is 0 Å². The molecule has 0 aliphatic rings. The minimum Gasteiger partial charge on any atom is -0.304 e. The molecule has 0 aliphatic heterocycles. The Morgan fingerprint density at radius 1 is 1.06 bits per heavy atom. The predicted molar refractivity (Wildman–Crippen MR) is 78.3 cm³/mol. The zero-order chi connectivity index (χ0) is 14.2. The molecule has 0 saturated carbocycles. The second-order valence-electron chi connectivity index (χ2n) is 4.94. The molecule has 5 heteroatoms. The molecule has 0 fully saturated rings. The van der Waals surface area contributed by atoms with Gasteiger partial charge in [0.15, 0.2) is 0 Å². The quantitative estimate of drug-likeness (QED) is 0.623. The van der Waals surface area contributed by atoms with E-state index in [0.29, 0.717) is 19.4 Å². The highest BCUT2D eigenvalue weighted by Gasteiger charge is 2.34. The van der Waals surface area contributed by atoms with Gasteiger partial charge in [-0.15, -0.1) is 0 Å². The summed E-state index contributed by atoms with van der Waals surface area (Å²) in [5, 5.41) is 0. The normalized spacial score (nSPS) is 13.2. The van der Waals surface area contributed by atoms with Crippen LogP contribution in [0.15, 0.2) is 0 Å². The van der Waals surface area contributed by atoms with Crippen molar-refractivity contribution in [1.29, 1.82) is 0 Å². The van der Waals surface area contributed by atoms with Crippen LogP contribution in [-0.2, 0) is 10.0 Å². The molecule has 0 spiro atoms. The number of sulfonamides is 1. The van der Waals surface area contributed by atoms with Gasteiger partial charge in [0.25, 0.3) is 0 Å².